The van der Waals surface area contributed by atoms with E-state index in [1.807, 2.05) is 6.92 Å². The van der Waals surface area contributed by atoms with Crippen LogP contribution in [0.2, 0.25) is 0 Å². The van der Waals surface area contributed by atoms with E-state index in [4.69, 9.17) is 15.2 Å². The number of hydrogen-bond donors (Lipinski definition) is 1. The lowest BCUT2D eigenvalue weighted by atomic mass is 10.2. The maximum atomic E-state index is 12.0. The highest BCUT2D eigenvalue weighted by molar-refractivity contribution is 9.10. The highest BCUT2D eigenvalue weighted by Crippen LogP contribution is 2.21. The summed E-state index contributed by atoms with van der Waals surface area (Å²) in [6.07, 6.45) is 0.257. The predicted octanol–water partition coefficient (Wildman–Crippen LogP) is 2.92. The first kappa shape index (κ1) is 16.5. The third-order valence-electron chi connectivity index (χ3n) is 2.58. The van der Waals surface area contributed by atoms with Crippen molar-refractivity contribution in [2.75, 3.05) is 12.3 Å². The molecule has 2 N–H and O–H groups in total. The predicted molar refractivity (Wildman–Crippen MR) is 79.3 cm³/mol. The molecule has 0 aliphatic carbocycles. The zero-order valence-electron chi connectivity index (χ0n) is 11.5. The molecule has 1 rings (SSSR count). The molecule has 1 aromatic carbocycles. The van der Waals surface area contributed by atoms with E-state index in [-0.39, 0.29) is 6.61 Å². The highest BCUT2D eigenvalue weighted by atomic mass is 79.9. The fourth-order valence-electron chi connectivity index (χ4n) is 1.59. The second-order valence-corrected chi connectivity index (χ2v) is 5.03. The zero-order valence-corrected chi connectivity index (χ0v) is 13.1. The van der Waals surface area contributed by atoms with Crippen LogP contribution >= 0.6 is 15.9 Å². The number of rotatable bonds is 6. The smallest absolute Gasteiger partial charge is 0.347 e. The Balaban J connectivity index is 2.79. The first-order valence-electron chi connectivity index (χ1n) is 6.42. The highest BCUT2D eigenvalue weighted by Gasteiger charge is 2.24. The second-order valence-electron chi connectivity index (χ2n) is 4.17. The summed E-state index contributed by atoms with van der Waals surface area (Å²) in [5.41, 5.74) is 6.44. The molecule has 0 fully saturated rings. The Hall–Kier alpha value is -1.56. The molecule has 110 valence electrons. The van der Waals surface area contributed by atoms with Gasteiger partial charge in [-0.1, -0.05) is 13.3 Å². The van der Waals surface area contributed by atoms with Crippen LogP contribution in [0.1, 0.15) is 37.0 Å². The second kappa shape index (κ2) is 7.89. The molecule has 1 unspecified atom stereocenters. The molecule has 0 heterocycles. The summed E-state index contributed by atoms with van der Waals surface area (Å²) < 4.78 is 10.8. The molecule has 0 saturated carbocycles. The molecule has 1 atom stereocenters. The van der Waals surface area contributed by atoms with Crippen molar-refractivity contribution in [3.05, 3.63) is 28.2 Å². The van der Waals surface area contributed by atoms with E-state index >= 15 is 0 Å². The largest absolute Gasteiger partial charge is 0.463 e. The Labute approximate surface area is 126 Å². The van der Waals surface area contributed by atoms with Gasteiger partial charge in [-0.25, -0.2) is 9.59 Å². The molecule has 0 amide bonds. The van der Waals surface area contributed by atoms with Crippen LogP contribution < -0.4 is 5.73 Å². The Morgan fingerprint density at radius 3 is 2.60 bits per heavy atom. The van der Waals surface area contributed by atoms with Crippen molar-refractivity contribution in [1.29, 1.82) is 0 Å². The maximum absolute atomic E-state index is 12.0. The summed E-state index contributed by atoms with van der Waals surface area (Å²) >= 11 is 3.25. The monoisotopic (exact) mass is 343 g/mol. The van der Waals surface area contributed by atoms with Gasteiger partial charge in [0.2, 0.25) is 0 Å². The summed E-state index contributed by atoms with van der Waals surface area (Å²) in [4.78, 5) is 23.7. The van der Waals surface area contributed by atoms with Crippen molar-refractivity contribution >= 4 is 33.6 Å². The Morgan fingerprint density at radius 1 is 1.35 bits per heavy atom. The molecule has 1 aromatic rings. The van der Waals surface area contributed by atoms with Gasteiger partial charge in [0.25, 0.3) is 0 Å². The average molecular weight is 344 g/mol. The SMILES string of the molecule is CCCC(OC(=O)c1ccc(Br)c(N)c1)C(=O)OCC. The first-order valence-corrected chi connectivity index (χ1v) is 7.21. The van der Waals surface area contributed by atoms with Gasteiger partial charge in [0.05, 0.1) is 12.2 Å². The van der Waals surface area contributed by atoms with E-state index in [0.717, 1.165) is 0 Å². The minimum Gasteiger partial charge on any atom is -0.463 e. The molecule has 0 aromatic heterocycles. The number of carbonyl (C=O) groups is 2. The normalized spacial score (nSPS) is 11.8. The minimum absolute atomic E-state index is 0.252. The van der Waals surface area contributed by atoms with E-state index < -0.39 is 18.0 Å². The Kier molecular flexibility index (Phi) is 6.51. The van der Waals surface area contributed by atoms with Gasteiger partial charge in [0.15, 0.2) is 6.10 Å². The molecule has 20 heavy (non-hydrogen) atoms. The van der Waals surface area contributed by atoms with Crippen LogP contribution in [0.15, 0.2) is 22.7 Å². The van der Waals surface area contributed by atoms with Crippen LogP contribution in [-0.2, 0) is 14.3 Å². The molecule has 0 radical (unpaired) electrons. The molecule has 5 nitrogen and oxygen atoms in total. The fourth-order valence-corrected chi connectivity index (χ4v) is 1.84. The van der Waals surface area contributed by atoms with Crippen molar-refractivity contribution in [3.8, 4) is 0 Å². The number of halogens is 1. The van der Waals surface area contributed by atoms with Gasteiger partial charge in [-0.15, -0.1) is 0 Å². The number of ether oxygens (including phenoxy) is 2. The number of anilines is 1. The van der Waals surface area contributed by atoms with Gasteiger partial charge >= 0.3 is 11.9 Å². The van der Waals surface area contributed by atoms with Crippen LogP contribution in [0.3, 0.4) is 0 Å². The fraction of sp³-hybridized carbons (Fsp3) is 0.429. The summed E-state index contributed by atoms with van der Waals surface area (Å²) in [5, 5.41) is 0. The first-order chi connectivity index (χ1) is 9.49. The van der Waals surface area contributed by atoms with Gasteiger partial charge in [-0.2, -0.15) is 0 Å². The van der Waals surface area contributed by atoms with Crippen LogP contribution in [0.25, 0.3) is 0 Å². The van der Waals surface area contributed by atoms with Gasteiger partial charge in [-0.05, 0) is 47.5 Å². The quantitative estimate of drug-likeness (QED) is 0.634. The maximum Gasteiger partial charge on any atom is 0.347 e. The third kappa shape index (κ3) is 4.52. The topological polar surface area (TPSA) is 78.6 Å². The number of benzene rings is 1. The van der Waals surface area contributed by atoms with Crippen LogP contribution in [0.5, 0.6) is 0 Å². The number of carbonyl (C=O) groups excluding carboxylic acids is 2. The lowest BCUT2D eigenvalue weighted by Crippen LogP contribution is -2.29. The van der Waals surface area contributed by atoms with Crippen molar-refractivity contribution < 1.29 is 19.1 Å². The number of nitrogens with two attached hydrogens (primary N) is 1. The zero-order chi connectivity index (χ0) is 15.1. The lowest BCUT2D eigenvalue weighted by Gasteiger charge is -2.16. The summed E-state index contributed by atoms with van der Waals surface area (Å²) in [6, 6.07) is 4.74. The van der Waals surface area contributed by atoms with Gasteiger partial charge in [0.1, 0.15) is 0 Å². The number of nitrogen functional groups attached to an aromatic ring is 1. The summed E-state index contributed by atoms with van der Waals surface area (Å²) in [6.45, 7) is 3.86. The summed E-state index contributed by atoms with van der Waals surface area (Å²) in [7, 11) is 0. The lowest BCUT2D eigenvalue weighted by molar-refractivity contribution is -0.153. The van der Waals surface area contributed by atoms with E-state index in [1.165, 1.54) is 6.07 Å². The minimum atomic E-state index is -0.877. The molecule has 0 bridgehead atoms. The molecule has 0 aliphatic rings. The van der Waals surface area contributed by atoms with Crippen LogP contribution in [-0.4, -0.2) is 24.6 Å². The van der Waals surface area contributed by atoms with Crippen LogP contribution in [0, 0.1) is 0 Å². The van der Waals surface area contributed by atoms with E-state index in [1.54, 1.807) is 19.1 Å². The molecule has 6 heteroatoms. The molecular weight excluding hydrogens is 326 g/mol. The number of hydrogen-bond acceptors (Lipinski definition) is 5. The Bertz CT molecular complexity index is 490. The van der Waals surface area contributed by atoms with E-state index in [0.29, 0.717) is 28.6 Å². The van der Waals surface area contributed by atoms with Crippen molar-refractivity contribution in [2.24, 2.45) is 0 Å². The van der Waals surface area contributed by atoms with Gasteiger partial charge in [0, 0.05) is 10.2 Å². The van der Waals surface area contributed by atoms with Crippen molar-refractivity contribution in [2.45, 2.75) is 32.8 Å². The van der Waals surface area contributed by atoms with Crippen LogP contribution in [0.4, 0.5) is 5.69 Å². The van der Waals surface area contributed by atoms with Crippen molar-refractivity contribution in [1.82, 2.24) is 0 Å². The number of esters is 2. The van der Waals surface area contributed by atoms with E-state index in [9.17, 15) is 9.59 Å². The van der Waals surface area contributed by atoms with Gasteiger partial charge < -0.3 is 15.2 Å². The van der Waals surface area contributed by atoms with Crippen molar-refractivity contribution in [3.63, 3.8) is 0 Å². The van der Waals surface area contributed by atoms with E-state index in [2.05, 4.69) is 15.9 Å². The third-order valence-corrected chi connectivity index (χ3v) is 3.30. The Morgan fingerprint density at radius 2 is 2.05 bits per heavy atom. The molecule has 0 spiro atoms. The molecular formula is C14H18BrNO4. The molecule has 0 aliphatic heterocycles. The standard InChI is InChI=1S/C14H18BrNO4/c1-3-5-12(14(18)19-4-2)20-13(17)9-6-7-10(15)11(16)8-9/h6-8,12H,3-5,16H2,1-2H3. The van der Waals surface area contributed by atoms with Gasteiger partial charge in [-0.3, -0.25) is 0 Å². The summed E-state index contributed by atoms with van der Waals surface area (Å²) in [5.74, 6) is -1.11. The molecule has 0 saturated heterocycles. The average Bonchev–Trinajstić information content (AvgIpc) is 2.41.